The van der Waals surface area contributed by atoms with Gasteiger partial charge >= 0.3 is 11.9 Å². The number of nitrogens with zero attached hydrogens (tertiary/aromatic N) is 2. The molecule has 0 heterocycles. The molecule has 9 atom stereocenters. The summed E-state index contributed by atoms with van der Waals surface area (Å²) in [6.45, 7) is 23.5. The van der Waals surface area contributed by atoms with E-state index in [1.807, 2.05) is 0 Å². The van der Waals surface area contributed by atoms with Crippen molar-refractivity contribution in [3.8, 4) is 0 Å². The zero-order valence-electron chi connectivity index (χ0n) is 36.0. The van der Waals surface area contributed by atoms with Gasteiger partial charge in [-0.3, -0.25) is 19.3 Å². The maximum Gasteiger partial charge on any atom is 0.309 e. The number of esters is 1. The summed E-state index contributed by atoms with van der Waals surface area (Å²) in [6, 6.07) is 0. The van der Waals surface area contributed by atoms with Gasteiger partial charge in [0.1, 0.15) is 6.10 Å². The Hall–Kier alpha value is -1.77. The smallest absolute Gasteiger partial charge is 0.309 e. The van der Waals surface area contributed by atoms with Crippen LogP contribution in [0.5, 0.6) is 0 Å². The van der Waals surface area contributed by atoms with Crippen molar-refractivity contribution in [1.82, 2.24) is 9.80 Å². The summed E-state index contributed by atoms with van der Waals surface area (Å²) < 4.78 is 6.19. The topological polar surface area (TPSA) is 107 Å². The number of carbonyl (C=O) groups excluding carboxylic acids is 2. The minimum atomic E-state index is -1.16. The van der Waals surface area contributed by atoms with E-state index in [1.165, 1.54) is 24.8 Å². The number of rotatable bonds is 13. The molecule has 0 spiro atoms. The van der Waals surface area contributed by atoms with Gasteiger partial charge in [-0.2, -0.15) is 0 Å². The van der Waals surface area contributed by atoms with Crippen molar-refractivity contribution >= 4 is 17.7 Å². The first kappa shape index (κ1) is 41.9. The fourth-order valence-electron chi connectivity index (χ4n) is 14.0. The standard InChI is InChI=1S/C46H76N2O6/c1-29(2)38-32(49)25-46(35(50)28-48(24-23-47(10)11)27-30-13-12-14-30)22-21-44(8)31(39(38)46)15-16-34-43(7)19-18-36(54-37(51)26-41(3,4)40(52)53)42(5,6)33(43)17-20-45(34,44)9/h29-31,33-36,50H,12-28H2,1-11H3,(H,52,53)/t31-,33+,34-,35?,36+,43+,44-,45-,46+/m1/s1. The van der Waals surface area contributed by atoms with Crippen LogP contribution in [0.15, 0.2) is 11.1 Å². The van der Waals surface area contributed by atoms with E-state index in [9.17, 15) is 24.6 Å². The Labute approximate surface area is 327 Å². The summed E-state index contributed by atoms with van der Waals surface area (Å²) in [5, 5.41) is 22.2. The van der Waals surface area contributed by atoms with Gasteiger partial charge in [0, 0.05) is 43.4 Å². The minimum Gasteiger partial charge on any atom is -0.481 e. The van der Waals surface area contributed by atoms with E-state index in [-0.39, 0.29) is 51.8 Å². The Kier molecular flexibility index (Phi) is 11.3. The molecule has 6 rings (SSSR count). The largest absolute Gasteiger partial charge is 0.481 e. The van der Waals surface area contributed by atoms with E-state index < -0.39 is 28.9 Å². The number of ketones is 1. The third-order valence-electron chi connectivity index (χ3n) is 17.5. The highest BCUT2D eigenvalue weighted by Crippen LogP contribution is 2.77. The summed E-state index contributed by atoms with van der Waals surface area (Å²) in [5.74, 6) is 0.937. The number of ether oxygens (including phenoxy) is 1. The number of aliphatic hydroxyl groups excluding tert-OH is 1. The lowest BCUT2D eigenvalue weighted by Gasteiger charge is -2.72. The summed E-state index contributed by atoms with van der Waals surface area (Å²) in [4.78, 5) is 43.9. The fourth-order valence-corrected chi connectivity index (χ4v) is 14.0. The molecule has 0 radical (unpaired) electrons. The van der Waals surface area contributed by atoms with Crippen LogP contribution in [0.1, 0.15) is 146 Å². The Bertz CT molecular complexity index is 1500. The number of fused-ring (bicyclic) bond motifs is 7. The van der Waals surface area contributed by atoms with Gasteiger partial charge < -0.3 is 19.8 Å². The van der Waals surface area contributed by atoms with Crippen molar-refractivity contribution in [2.24, 2.45) is 62.1 Å². The molecule has 2 N–H and O–H groups in total. The van der Waals surface area contributed by atoms with Crippen LogP contribution in [0.4, 0.5) is 0 Å². The number of allylic oxidation sites excluding steroid dienone is 1. The van der Waals surface area contributed by atoms with Gasteiger partial charge in [-0.05, 0) is 144 Å². The molecule has 306 valence electrons. The average molecular weight is 753 g/mol. The first-order chi connectivity index (χ1) is 25.0. The predicted molar refractivity (Wildman–Crippen MR) is 214 cm³/mol. The average Bonchev–Trinajstić information content (AvgIpc) is 3.36. The molecule has 0 amide bonds. The molecule has 5 fully saturated rings. The van der Waals surface area contributed by atoms with Crippen molar-refractivity contribution in [1.29, 1.82) is 0 Å². The Morgan fingerprint density at radius 2 is 1.57 bits per heavy atom. The first-order valence-corrected chi connectivity index (χ1v) is 21.8. The number of Topliss-reactive ketones (excluding diaryl/α,β-unsaturated/α-hetero) is 1. The molecule has 8 heteroatoms. The fraction of sp³-hybridized carbons (Fsp3) is 0.891. The number of carbonyl (C=O) groups is 3. The Morgan fingerprint density at radius 3 is 2.17 bits per heavy atom. The van der Waals surface area contributed by atoms with Crippen LogP contribution in [-0.2, 0) is 19.1 Å². The van der Waals surface area contributed by atoms with E-state index in [2.05, 4.69) is 72.4 Å². The molecule has 8 nitrogen and oxygen atoms in total. The van der Waals surface area contributed by atoms with Crippen molar-refractivity contribution in [2.75, 3.05) is 40.3 Å². The van der Waals surface area contributed by atoms with Gasteiger partial charge in [0.25, 0.3) is 0 Å². The van der Waals surface area contributed by atoms with Gasteiger partial charge in [-0.25, -0.2) is 0 Å². The molecule has 6 aliphatic rings. The van der Waals surface area contributed by atoms with Gasteiger partial charge in [0.05, 0.1) is 17.9 Å². The lowest BCUT2D eigenvalue weighted by atomic mass is 9.33. The molecule has 54 heavy (non-hydrogen) atoms. The van der Waals surface area contributed by atoms with E-state index in [1.54, 1.807) is 13.8 Å². The molecule has 0 aromatic heterocycles. The number of likely N-dealkylation sites (N-methyl/N-ethyl adjacent to an activating group) is 1. The number of aliphatic hydroxyl groups is 1. The molecule has 0 aromatic rings. The monoisotopic (exact) mass is 753 g/mol. The lowest BCUT2D eigenvalue weighted by molar-refractivity contribution is -0.235. The Balaban J connectivity index is 1.28. The maximum absolute atomic E-state index is 14.2. The number of hydrogen-bond acceptors (Lipinski definition) is 7. The predicted octanol–water partition coefficient (Wildman–Crippen LogP) is 8.40. The van der Waals surface area contributed by atoms with Gasteiger partial charge in [-0.15, -0.1) is 0 Å². The second-order valence-corrected chi connectivity index (χ2v) is 21.9. The third kappa shape index (κ3) is 6.76. The van der Waals surface area contributed by atoms with Crippen LogP contribution >= 0.6 is 0 Å². The highest BCUT2D eigenvalue weighted by molar-refractivity contribution is 6.00. The second-order valence-electron chi connectivity index (χ2n) is 21.9. The van der Waals surface area contributed by atoms with E-state index in [4.69, 9.17) is 4.74 Å². The summed E-state index contributed by atoms with van der Waals surface area (Å²) in [5.41, 5.74) is 0.703. The van der Waals surface area contributed by atoms with E-state index in [0.29, 0.717) is 24.8 Å². The normalized spacial score (nSPS) is 38.5. The lowest BCUT2D eigenvalue weighted by Crippen LogP contribution is -2.66. The van der Waals surface area contributed by atoms with Crippen LogP contribution in [0.25, 0.3) is 0 Å². The van der Waals surface area contributed by atoms with Crippen molar-refractivity contribution in [2.45, 2.75) is 158 Å². The van der Waals surface area contributed by atoms with Crippen LogP contribution in [-0.4, -0.2) is 90.2 Å². The quantitative estimate of drug-likeness (QED) is 0.181. The summed E-state index contributed by atoms with van der Waals surface area (Å²) >= 11 is 0. The molecular weight excluding hydrogens is 677 g/mol. The number of carboxylic acid groups (broad SMARTS) is 1. The summed E-state index contributed by atoms with van der Waals surface area (Å²) in [7, 11) is 4.25. The molecule has 0 aliphatic heterocycles. The van der Waals surface area contributed by atoms with Gasteiger partial charge in [0.2, 0.25) is 0 Å². The highest BCUT2D eigenvalue weighted by atomic mass is 16.5. The number of aliphatic carboxylic acids is 1. The maximum atomic E-state index is 14.2. The van der Waals surface area contributed by atoms with Crippen LogP contribution < -0.4 is 0 Å². The first-order valence-electron chi connectivity index (χ1n) is 21.8. The Morgan fingerprint density at radius 1 is 0.889 bits per heavy atom. The van der Waals surface area contributed by atoms with Crippen molar-refractivity contribution in [3.05, 3.63) is 11.1 Å². The zero-order chi connectivity index (χ0) is 39.8. The molecule has 0 saturated heterocycles. The molecule has 5 saturated carbocycles. The zero-order valence-corrected chi connectivity index (χ0v) is 36.0. The molecular formula is C46H76N2O6. The van der Waals surface area contributed by atoms with Crippen molar-refractivity contribution in [3.63, 3.8) is 0 Å². The van der Waals surface area contributed by atoms with Crippen molar-refractivity contribution < 1.29 is 29.3 Å². The van der Waals surface area contributed by atoms with Crippen LogP contribution in [0.2, 0.25) is 0 Å². The van der Waals surface area contributed by atoms with Gasteiger partial charge in [0.15, 0.2) is 5.78 Å². The van der Waals surface area contributed by atoms with E-state index >= 15 is 0 Å². The highest BCUT2D eigenvalue weighted by Gasteiger charge is 2.71. The molecule has 1 unspecified atom stereocenters. The summed E-state index contributed by atoms with van der Waals surface area (Å²) in [6.07, 6.45) is 11.5. The SMILES string of the molecule is CC(C)C1=C2[C@H]3CC[C@@H]4[C@@]5(C)CC[C@H](OC(=O)CC(C)(C)C(=O)O)C(C)(C)[C@@H]5CC[C@@]4(C)[C@]3(C)CC[C@@]2(C(O)CN(CCN(C)C)CC2CCC2)CC1=O. The van der Waals surface area contributed by atoms with Gasteiger partial charge in [-0.1, -0.05) is 60.5 Å². The number of hydrogen-bond donors (Lipinski definition) is 2. The molecule has 0 aromatic carbocycles. The minimum absolute atomic E-state index is 0.0135. The molecule has 0 bridgehead atoms. The van der Waals surface area contributed by atoms with Crippen LogP contribution in [0, 0.1) is 62.1 Å². The number of carboxylic acids is 1. The second kappa shape index (κ2) is 14.6. The molecule has 6 aliphatic carbocycles. The third-order valence-corrected chi connectivity index (χ3v) is 17.5. The van der Waals surface area contributed by atoms with Crippen LogP contribution in [0.3, 0.4) is 0 Å². The van der Waals surface area contributed by atoms with E-state index in [0.717, 1.165) is 82.5 Å².